The van der Waals surface area contributed by atoms with Gasteiger partial charge in [-0.1, -0.05) is 180 Å². The Kier molecular flexibility index (Phi) is 10.4. The maximum atomic E-state index is 13.0. The van der Waals surface area contributed by atoms with Crippen LogP contribution in [0.2, 0.25) is 0 Å². The molecular formula is C75H51N7. The van der Waals surface area contributed by atoms with E-state index < -0.39 is 0 Å². The summed E-state index contributed by atoms with van der Waals surface area (Å²) in [4.78, 5) is 11.9. The number of nitriles is 1. The number of aryl methyl sites for hydroxylation is 4. The topological polar surface area (TPSA) is 69.3 Å². The molecule has 11 aromatic carbocycles. The number of rotatable bonds is 7. The van der Waals surface area contributed by atoms with Crippen molar-refractivity contribution >= 4 is 87.2 Å². The molecule has 0 aliphatic carbocycles. The first-order chi connectivity index (χ1) is 40.3. The summed E-state index contributed by atoms with van der Waals surface area (Å²) in [5.74, 6) is 0.502. The quantitative estimate of drug-likeness (QED) is 0.160. The fourth-order valence-corrected chi connectivity index (χ4v) is 13.3. The van der Waals surface area contributed by atoms with Crippen LogP contribution in [0.1, 0.15) is 27.8 Å². The van der Waals surface area contributed by atoms with Crippen LogP contribution in [0.4, 0.5) is 0 Å². The Hall–Kier alpha value is -10.8. The largest absolute Gasteiger partial charge is 0.306 e. The Bertz CT molecular complexity index is 4850. The van der Waals surface area contributed by atoms with Gasteiger partial charge in [-0.2, -0.15) is 5.26 Å². The Morgan fingerprint density at radius 3 is 0.890 bits per heavy atom. The van der Waals surface area contributed by atoms with Crippen LogP contribution >= 0.6 is 0 Å². The minimum Gasteiger partial charge on any atom is -0.306 e. The van der Waals surface area contributed by atoms with Gasteiger partial charge in [-0.05, 0) is 107 Å². The van der Waals surface area contributed by atoms with Crippen LogP contribution in [0.5, 0.6) is 0 Å². The summed E-state index contributed by atoms with van der Waals surface area (Å²) in [5.41, 5.74) is 20.1. The monoisotopic (exact) mass is 1050 g/mol. The highest BCUT2D eigenvalue weighted by Crippen LogP contribution is 2.52. The highest BCUT2D eigenvalue weighted by Gasteiger charge is 2.36. The van der Waals surface area contributed by atoms with Crippen LogP contribution in [-0.2, 0) is 0 Å². The lowest BCUT2D eigenvalue weighted by atomic mass is 9.96. The third kappa shape index (κ3) is 6.95. The molecule has 16 aromatic rings. The molecule has 0 aliphatic rings. The van der Waals surface area contributed by atoms with Crippen molar-refractivity contribution in [1.29, 1.82) is 5.26 Å². The molecule has 0 N–H and O–H groups in total. The SMILES string of the molecule is Cc1ccc2c(c1)c1cc(C)ccc1n2-c1c(-c2nc(-c3ccccc3)cc(-c3ccccc3)n2)c(-n2c3ccc(C)cc3c3cc(C)ccc32)c(-n2c3ccccc3c3ccccc32)c(C#N)c1-n1c2ccccc2c2ccccc21. The molecule has 16 rings (SSSR count). The molecule has 7 nitrogen and oxygen atoms in total. The number of benzene rings is 11. The van der Waals surface area contributed by atoms with Gasteiger partial charge in [-0.3, -0.25) is 0 Å². The van der Waals surface area contributed by atoms with E-state index in [0.717, 1.165) is 149 Å². The van der Waals surface area contributed by atoms with Crippen molar-refractivity contribution in [2.75, 3.05) is 0 Å². The van der Waals surface area contributed by atoms with E-state index in [1.165, 1.54) is 0 Å². The molecule has 0 fully saturated rings. The summed E-state index contributed by atoms with van der Waals surface area (Å²) in [6.45, 7) is 8.66. The molecule has 0 saturated heterocycles. The normalized spacial score (nSPS) is 11.9. The fourth-order valence-electron chi connectivity index (χ4n) is 13.3. The third-order valence-corrected chi connectivity index (χ3v) is 16.8. The highest BCUT2D eigenvalue weighted by molar-refractivity contribution is 6.17. The predicted molar refractivity (Wildman–Crippen MR) is 339 cm³/mol. The second-order valence-corrected chi connectivity index (χ2v) is 21.9. The van der Waals surface area contributed by atoms with E-state index in [1.807, 2.05) is 12.1 Å². The predicted octanol–water partition coefficient (Wildman–Crippen LogP) is 19.0. The number of aromatic nitrogens is 6. The average molecular weight is 1050 g/mol. The van der Waals surface area contributed by atoms with Crippen LogP contribution in [0.25, 0.3) is 144 Å². The number of para-hydroxylation sites is 4. The molecule has 386 valence electrons. The number of nitrogens with zero attached hydrogens (tertiary/aromatic N) is 7. The van der Waals surface area contributed by atoms with Crippen LogP contribution in [-0.4, -0.2) is 28.2 Å². The van der Waals surface area contributed by atoms with Crippen molar-refractivity contribution in [3.05, 3.63) is 264 Å². The van der Waals surface area contributed by atoms with Gasteiger partial charge < -0.3 is 18.3 Å². The van der Waals surface area contributed by atoms with Gasteiger partial charge >= 0.3 is 0 Å². The van der Waals surface area contributed by atoms with Crippen molar-refractivity contribution in [3.8, 4) is 62.7 Å². The van der Waals surface area contributed by atoms with Gasteiger partial charge in [-0.15, -0.1) is 0 Å². The molecule has 0 atom stereocenters. The summed E-state index contributed by atoms with van der Waals surface area (Å²) < 4.78 is 9.59. The van der Waals surface area contributed by atoms with E-state index in [9.17, 15) is 5.26 Å². The van der Waals surface area contributed by atoms with E-state index in [0.29, 0.717) is 22.8 Å². The van der Waals surface area contributed by atoms with E-state index in [-0.39, 0.29) is 0 Å². The highest BCUT2D eigenvalue weighted by atomic mass is 15.1. The van der Waals surface area contributed by atoms with Crippen molar-refractivity contribution in [2.45, 2.75) is 27.7 Å². The van der Waals surface area contributed by atoms with Gasteiger partial charge in [-0.25, -0.2) is 9.97 Å². The maximum Gasteiger partial charge on any atom is 0.164 e. The first-order valence-electron chi connectivity index (χ1n) is 28.0. The Morgan fingerprint density at radius 2 is 0.573 bits per heavy atom. The summed E-state index contributed by atoms with van der Waals surface area (Å²) in [5, 5.41) is 21.8. The molecule has 7 heteroatoms. The van der Waals surface area contributed by atoms with Crippen molar-refractivity contribution in [3.63, 3.8) is 0 Å². The molecule has 0 unspecified atom stereocenters. The molecule has 0 amide bonds. The first kappa shape index (κ1) is 47.2. The number of hydrogen-bond acceptors (Lipinski definition) is 3. The van der Waals surface area contributed by atoms with E-state index in [2.05, 4.69) is 276 Å². The molecule has 82 heavy (non-hydrogen) atoms. The molecule has 0 radical (unpaired) electrons. The van der Waals surface area contributed by atoms with Gasteiger partial charge in [0.15, 0.2) is 5.82 Å². The lowest BCUT2D eigenvalue weighted by Gasteiger charge is -2.29. The number of fused-ring (bicyclic) bond motifs is 12. The standard InChI is InChI=1S/C75H51N7/c1-45-31-35-66-55(39-45)56-40-46(2)32-36-67(56)81(66)73-70(75-77-60(49-19-7-5-8-20-49)43-61(78-75)50-21-9-6-10-22-50)74(82-68-37-33-47(3)41-57(68)58-42-48(4)34-38-69(58)82)72(80-64-29-17-13-25-53(64)54-26-14-18-30-65(54)80)59(44-76)71(73)79-62-27-15-11-23-51(62)52-24-12-16-28-63(52)79/h5-43H,1-4H3. The van der Waals surface area contributed by atoms with Crippen molar-refractivity contribution < 1.29 is 0 Å². The smallest absolute Gasteiger partial charge is 0.164 e. The van der Waals surface area contributed by atoms with Crippen LogP contribution < -0.4 is 0 Å². The maximum absolute atomic E-state index is 13.0. The lowest BCUT2D eigenvalue weighted by molar-refractivity contribution is 1.02. The van der Waals surface area contributed by atoms with E-state index >= 15 is 0 Å². The lowest BCUT2D eigenvalue weighted by Crippen LogP contribution is -2.17. The van der Waals surface area contributed by atoms with Crippen LogP contribution in [0, 0.1) is 39.0 Å². The zero-order chi connectivity index (χ0) is 54.9. The fraction of sp³-hybridized carbons (Fsp3) is 0.0533. The van der Waals surface area contributed by atoms with Gasteiger partial charge in [0.25, 0.3) is 0 Å². The van der Waals surface area contributed by atoms with E-state index in [1.54, 1.807) is 0 Å². The van der Waals surface area contributed by atoms with E-state index in [4.69, 9.17) is 9.97 Å². The average Bonchev–Trinajstić information content (AvgIpc) is 4.40. The molecule has 5 aromatic heterocycles. The van der Waals surface area contributed by atoms with Crippen molar-refractivity contribution in [1.82, 2.24) is 28.2 Å². The molecule has 0 saturated carbocycles. The summed E-state index contributed by atoms with van der Waals surface area (Å²) >= 11 is 0. The molecular weight excluding hydrogens is 999 g/mol. The Labute approximate surface area is 473 Å². The molecule has 0 aliphatic heterocycles. The second kappa shape index (κ2) is 18.1. The molecule has 5 heterocycles. The van der Waals surface area contributed by atoms with Gasteiger partial charge in [0, 0.05) is 54.2 Å². The molecule has 0 bridgehead atoms. The number of hydrogen-bond donors (Lipinski definition) is 0. The summed E-state index contributed by atoms with van der Waals surface area (Å²) in [6.07, 6.45) is 0. The van der Waals surface area contributed by atoms with Crippen molar-refractivity contribution in [2.24, 2.45) is 0 Å². The first-order valence-corrected chi connectivity index (χ1v) is 28.0. The van der Waals surface area contributed by atoms with Crippen LogP contribution in [0.3, 0.4) is 0 Å². The minimum absolute atomic E-state index is 0.484. The van der Waals surface area contributed by atoms with Gasteiger partial charge in [0.1, 0.15) is 11.6 Å². The Balaban J connectivity index is 1.28. The zero-order valence-electron chi connectivity index (χ0n) is 45.6. The van der Waals surface area contributed by atoms with Gasteiger partial charge in [0.05, 0.1) is 83.8 Å². The summed E-state index contributed by atoms with van der Waals surface area (Å²) in [6, 6.07) is 87.7. The third-order valence-electron chi connectivity index (χ3n) is 16.8. The Morgan fingerprint density at radius 1 is 0.293 bits per heavy atom. The second-order valence-electron chi connectivity index (χ2n) is 21.9. The van der Waals surface area contributed by atoms with Gasteiger partial charge in [0.2, 0.25) is 0 Å². The summed E-state index contributed by atoms with van der Waals surface area (Å²) in [7, 11) is 0. The minimum atomic E-state index is 0.484. The van der Waals surface area contributed by atoms with Crippen LogP contribution in [0.15, 0.2) is 237 Å². The zero-order valence-corrected chi connectivity index (χ0v) is 45.6. The molecule has 0 spiro atoms.